The lowest BCUT2D eigenvalue weighted by Crippen LogP contribution is -2.54. The zero-order valence-corrected chi connectivity index (χ0v) is 14.0. The number of halogens is 1. The van der Waals surface area contributed by atoms with Crippen molar-refractivity contribution in [3.63, 3.8) is 0 Å². The molecule has 0 saturated carbocycles. The molecule has 0 unspecified atom stereocenters. The van der Waals surface area contributed by atoms with Gasteiger partial charge in [0.05, 0.1) is 5.52 Å². The van der Waals surface area contributed by atoms with Gasteiger partial charge in [0.1, 0.15) is 5.82 Å². The maximum Gasteiger partial charge on any atom is 0.275 e. The van der Waals surface area contributed by atoms with Gasteiger partial charge in [-0.05, 0) is 52.3 Å². The molecule has 0 radical (unpaired) electrons. The summed E-state index contributed by atoms with van der Waals surface area (Å²) in [5.74, 6) is -0.527. The van der Waals surface area contributed by atoms with E-state index in [1.807, 2.05) is 4.90 Å². The van der Waals surface area contributed by atoms with E-state index in [1.165, 1.54) is 12.1 Å². The number of amides is 1. The van der Waals surface area contributed by atoms with E-state index in [1.54, 1.807) is 6.07 Å². The number of H-pyrrole nitrogens is 1. The lowest BCUT2D eigenvalue weighted by atomic mass is 9.96. The van der Waals surface area contributed by atoms with Gasteiger partial charge in [0, 0.05) is 29.6 Å². The van der Waals surface area contributed by atoms with Crippen molar-refractivity contribution in [2.24, 2.45) is 0 Å². The maximum absolute atomic E-state index is 13.5. The van der Waals surface area contributed by atoms with E-state index in [-0.39, 0.29) is 28.5 Å². The molecule has 1 aliphatic heterocycles. The number of rotatable bonds is 1. The molecule has 0 bridgehead atoms. The molecule has 23 heavy (non-hydrogen) atoms. The average Bonchev–Trinajstić information content (AvgIpc) is 2.79. The summed E-state index contributed by atoms with van der Waals surface area (Å²) in [6.45, 7) is 9.68. The first-order chi connectivity index (χ1) is 10.7. The van der Waals surface area contributed by atoms with Crippen molar-refractivity contribution in [1.82, 2.24) is 20.4 Å². The average molecular weight is 318 g/mol. The Bertz CT molecular complexity index is 750. The van der Waals surface area contributed by atoms with Crippen LogP contribution >= 0.6 is 0 Å². The summed E-state index contributed by atoms with van der Waals surface area (Å²) in [4.78, 5) is 14.7. The third-order valence-electron chi connectivity index (χ3n) is 4.28. The van der Waals surface area contributed by atoms with Gasteiger partial charge in [-0.15, -0.1) is 0 Å². The minimum atomic E-state index is -0.369. The highest BCUT2D eigenvalue weighted by Gasteiger charge is 2.36. The Balaban J connectivity index is 1.94. The molecule has 1 aliphatic rings. The minimum Gasteiger partial charge on any atom is -0.335 e. The smallest absolute Gasteiger partial charge is 0.275 e. The van der Waals surface area contributed by atoms with Gasteiger partial charge >= 0.3 is 0 Å². The third-order valence-corrected chi connectivity index (χ3v) is 4.28. The fraction of sp³-hybridized carbons (Fsp3) is 0.529. The zero-order chi connectivity index (χ0) is 16.8. The normalized spacial score (nSPS) is 20.5. The number of benzene rings is 1. The summed E-state index contributed by atoms with van der Waals surface area (Å²) in [6.07, 6.45) is 0.846. The topological polar surface area (TPSA) is 61.0 Å². The second kappa shape index (κ2) is 5.30. The van der Waals surface area contributed by atoms with Crippen LogP contribution in [0.3, 0.4) is 0 Å². The van der Waals surface area contributed by atoms with Gasteiger partial charge in [0.15, 0.2) is 5.69 Å². The highest BCUT2D eigenvalue weighted by Crippen LogP contribution is 2.24. The van der Waals surface area contributed by atoms with Crippen molar-refractivity contribution >= 4 is 16.8 Å². The summed E-state index contributed by atoms with van der Waals surface area (Å²) in [7, 11) is 0. The van der Waals surface area contributed by atoms with Gasteiger partial charge in [0.2, 0.25) is 0 Å². The number of aromatic nitrogens is 2. The minimum absolute atomic E-state index is 0.0434. The van der Waals surface area contributed by atoms with Crippen LogP contribution in [0, 0.1) is 5.82 Å². The van der Waals surface area contributed by atoms with E-state index >= 15 is 0 Å². The van der Waals surface area contributed by atoms with E-state index in [0.717, 1.165) is 6.42 Å². The van der Waals surface area contributed by atoms with E-state index in [9.17, 15) is 9.18 Å². The summed E-state index contributed by atoms with van der Waals surface area (Å²) >= 11 is 0. The molecular weight excluding hydrogens is 295 g/mol. The number of carbonyl (C=O) groups excluding carboxylic acids is 1. The van der Waals surface area contributed by atoms with Crippen LogP contribution in [-0.2, 0) is 0 Å². The highest BCUT2D eigenvalue weighted by molar-refractivity contribution is 6.04. The molecule has 1 saturated heterocycles. The molecule has 3 rings (SSSR count). The molecule has 1 amide bonds. The van der Waals surface area contributed by atoms with Gasteiger partial charge in [-0.2, -0.15) is 5.10 Å². The van der Waals surface area contributed by atoms with Gasteiger partial charge in [0.25, 0.3) is 5.91 Å². The fourth-order valence-corrected chi connectivity index (χ4v) is 3.46. The Labute approximate surface area is 135 Å². The van der Waals surface area contributed by atoms with Crippen LogP contribution < -0.4 is 5.32 Å². The van der Waals surface area contributed by atoms with Crippen molar-refractivity contribution in [2.45, 2.75) is 45.2 Å². The van der Waals surface area contributed by atoms with Gasteiger partial charge in [-0.25, -0.2) is 4.39 Å². The molecule has 124 valence electrons. The number of hydrogen-bond acceptors (Lipinski definition) is 3. The van der Waals surface area contributed by atoms with Crippen molar-refractivity contribution in [3.05, 3.63) is 29.7 Å². The fourth-order valence-electron chi connectivity index (χ4n) is 3.46. The number of nitrogens with zero attached hydrogens (tertiary/aromatic N) is 2. The molecule has 1 aromatic carbocycles. The molecule has 0 aliphatic carbocycles. The quantitative estimate of drug-likeness (QED) is 0.850. The van der Waals surface area contributed by atoms with Crippen LogP contribution in [0.25, 0.3) is 10.9 Å². The summed E-state index contributed by atoms with van der Waals surface area (Å²) in [5, 5.41) is 11.1. The Morgan fingerprint density at radius 3 is 2.74 bits per heavy atom. The Morgan fingerprint density at radius 2 is 2.00 bits per heavy atom. The highest BCUT2D eigenvalue weighted by atomic mass is 19.1. The van der Waals surface area contributed by atoms with Crippen LogP contribution in [-0.4, -0.2) is 45.2 Å². The summed E-state index contributed by atoms with van der Waals surface area (Å²) in [5.41, 5.74) is 0.711. The lowest BCUT2D eigenvalue weighted by molar-refractivity contribution is 0.0729. The van der Waals surface area contributed by atoms with E-state index in [2.05, 4.69) is 43.2 Å². The second-order valence-corrected chi connectivity index (χ2v) is 7.63. The maximum atomic E-state index is 13.5. The first-order valence-electron chi connectivity index (χ1n) is 7.89. The second-order valence-electron chi connectivity index (χ2n) is 7.63. The number of nitrogens with one attached hydrogen (secondary N) is 2. The van der Waals surface area contributed by atoms with Crippen molar-refractivity contribution in [2.75, 3.05) is 13.1 Å². The van der Waals surface area contributed by atoms with Crippen LogP contribution in [0.1, 0.15) is 44.6 Å². The molecule has 1 aromatic heterocycles. The number of fused-ring (bicyclic) bond motifs is 1. The number of aromatic amines is 1. The Kier molecular flexibility index (Phi) is 3.67. The van der Waals surface area contributed by atoms with Crippen LogP contribution in [0.4, 0.5) is 4.39 Å². The van der Waals surface area contributed by atoms with E-state index < -0.39 is 0 Å². The monoisotopic (exact) mass is 318 g/mol. The van der Waals surface area contributed by atoms with Crippen LogP contribution in [0.5, 0.6) is 0 Å². The Morgan fingerprint density at radius 1 is 1.26 bits per heavy atom. The summed E-state index contributed by atoms with van der Waals surface area (Å²) in [6, 6.07) is 4.32. The molecule has 1 fully saturated rings. The van der Waals surface area contributed by atoms with Gasteiger partial charge in [-0.3, -0.25) is 9.89 Å². The number of carbonyl (C=O) groups is 1. The first-order valence-corrected chi connectivity index (χ1v) is 7.89. The first kappa shape index (κ1) is 15.9. The molecule has 0 spiro atoms. The van der Waals surface area contributed by atoms with Crippen LogP contribution in [0.15, 0.2) is 18.2 Å². The van der Waals surface area contributed by atoms with E-state index in [4.69, 9.17) is 0 Å². The SMILES string of the molecule is CC1(C)CCN(C(=O)c2n[nH]c3ccc(F)cc23)CC(C)(C)N1. The molecule has 0 atom stereocenters. The lowest BCUT2D eigenvalue weighted by Gasteiger charge is -2.34. The zero-order valence-electron chi connectivity index (χ0n) is 14.0. The molecule has 2 aromatic rings. The molecule has 5 nitrogen and oxygen atoms in total. The summed E-state index contributed by atoms with van der Waals surface area (Å²) < 4.78 is 13.5. The molecular formula is C17H23FN4O. The number of hydrogen-bond donors (Lipinski definition) is 2. The largest absolute Gasteiger partial charge is 0.335 e. The molecule has 6 heteroatoms. The van der Waals surface area contributed by atoms with Crippen LogP contribution in [0.2, 0.25) is 0 Å². The third kappa shape index (κ3) is 3.22. The van der Waals surface area contributed by atoms with Crippen molar-refractivity contribution in [3.8, 4) is 0 Å². The van der Waals surface area contributed by atoms with Gasteiger partial charge in [-0.1, -0.05) is 0 Å². The standard InChI is InChI=1S/C17H23FN4O/c1-16(2)7-8-22(10-17(3,4)21-16)15(23)14-12-9-11(18)5-6-13(12)19-20-14/h5-6,9,21H,7-8,10H2,1-4H3,(H,19,20). The molecule has 2 N–H and O–H groups in total. The molecule has 2 heterocycles. The predicted octanol–water partition coefficient (Wildman–Crippen LogP) is 2.69. The predicted molar refractivity (Wildman–Crippen MR) is 87.9 cm³/mol. The van der Waals surface area contributed by atoms with Gasteiger partial charge < -0.3 is 10.2 Å². The van der Waals surface area contributed by atoms with Crippen molar-refractivity contribution in [1.29, 1.82) is 0 Å². The van der Waals surface area contributed by atoms with Crippen molar-refractivity contribution < 1.29 is 9.18 Å². The Hall–Kier alpha value is -1.95. The van der Waals surface area contributed by atoms with E-state index in [0.29, 0.717) is 24.0 Å².